The predicted octanol–water partition coefficient (Wildman–Crippen LogP) is 4.88. The van der Waals surface area contributed by atoms with E-state index in [1.807, 2.05) is 65.9 Å². The van der Waals surface area contributed by atoms with Crippen LogP contribution in [0.25, 0.3) is 16.8 Å². The lowest BCUT2D eigenvalue weighted by Crippen LogP contribution is -2.47. The summed E-state index contributed by atoms with van der Waals surface area (Å²) in [4.78, 5) is 9.29. The Bertz CT molecular complexity index is 1800. The molecule has 3 aromatic carbocycles. The molecule has 0 saturated heterocycles. The highest BCUT2D eigenvalue weighted by atomic mass is 32.2. The van der Waals surface area contributed by atoms with Crippen LogP contribution in [-0.4, -0.2) is 40.1 Å². The summed E-state index contributed by atoms with van der Waals surface area (Å²) in [5.41, 5.74) is 9.17. The molecule has 2 heterocycles. The Morgan fingerprint density at radius 1 is 1.05 bits per heavy atom. The van der Waals surface area contributed by atoms with Crippen LogP contribution in [-0.2, 0) is 20.9 Å². The number of aromatic nitrogens is 3. The minimum atomic E-state index is -3.98. The number of nitrogens with two attached hydrogens (primary N) is 1. The summed E-state index contributed by atoms with van der Waals surface area (Å²) in [6.45, 7) is 1.98. The zero-order valence-electron chi connectivity index (χ0n) is 22.5. The smallest absolute Gasteiger partial charge is 0.297 e. The van der Waals surface area contributed by atoms with Gasteiger partial charge in [-0.05, 0) is 49.6 Å². The van der Waals surface area contributed by atoms with Gasteiger partial charge in [0.25, 0.3) is 10.1 Å². The molecule has 1 fully saturated rings. The summed E-state index contributed by atoms with van der Waals surface area (Å²) in [6, 6.07) is 24.0. The number of rotatable bonds is 9. The highest BCUT2D eigenvalue weighted by molar-refractivity contribution is 7.86. The molecule has 210 valence electrons. The van der Waals surface area contributed by atoms with Crippen molar-refractivity contribution < 1.29 is 22.4 Å². The second kappa shape index (κ2) is 10.6. The number of aliphatic hydroxyl groups is 1. The maximum atomic E-state index is 12.6. The van der Waals surface area contributed by atoms with Crippen molar-refractivity contribution in [1.82, 2.24) is 14.4 Å². The Labute approximate surface area is 238 Å². The van der Waals surface area contributed by atoms with E-state index in [0.717, 1.165) is 16.7 Å². The minimum Gasteiger partial charge on any atom is -0.489 e. The fourth-order valence-corrected chi connectivity index (χ4v) is 6.15. The lowest BCUT2D eigenvalue weighted by atomic mass is 9.71. The number of nitrogen functional groups attached to an aromatic ring is 1. The van der Waals surface area contributed by atoms with Crippen LogP contribution >= 0.6 is 0 Å². The van der Waals surface area contributed by atoms with Gasteiger partial charge in [-0.1, -0.05) is 60.2 Å². The van der Waals surface area contributed by atoms with Crippen LogP contribution < -0.4 is 10.5 Å². The van der Waals surface area contributed by atoms with E-state index < -0.39 is 15.7 Å². The van der Waals surface area contributed by atoms with Gasteiger partial charge in [0.05, 0.1) is 17.1 Å². The van der Waals surface area contributed by atoms with Crippen molar-refractivity contribution in [2.75, 3.05) is 12.3 Å². The summed E-state index contributed by atoms with van der Waals surface area (Å²) in [6.07, 6.45) is 3.98. The second-order valence-corrected chi connectivity index (χ2v) is 12.1. The standard InChI is InChI=1S/C31H30N4O5S/c1-21-10-12-26(13-11-21)41(37,38)40-20-31(36)17-24(18-31)30-34-27(28-29(32)33-14-15-35(28)30)23-8-5-9-25(16-23)39-19-22-6-3-2-4-7-22/h2-16,24,36H,17-20H2,1H3,(H2,32,33)/t24-,31+. The summed E-state index contributed by atoms with van der Waals surface area (Å²) < 4.78 is 38.4. The van der Waals surface area contributed by atoms with E-state index in [4.69, 9.17) is 19.6 Å². The van der Waals surface area contributed by atoms with E-state index in [9.17, 15) is 13.5 Å². The van der Waals surface area contributed by atoms with Gasteiger partial charge in [-0.2, -0.15) is 8.42 Å². The topological polar surface area (TPSA) is 129 Å². The van der Waals surface area contributed by atoms with Crippen molar-refractivity contribution in [1.29, 1.82) is 0 Å². The summed E-state index contributed by atoms with van der Waals surface area (Å²) >= 11 is 0. The zero-order valence-corrected chi connectivity index (χ0v) is 23.3. The fourth-order valence-electron chi connectivity index (χ4n) is 5.17. The average molecular weight is 571 g/mol. The molecule has 10 heteroatoms. The third-order valence-corrected chi connectivity index (χ3v) is 8.65. The predicted molar refractivity (Wildman–Crippen MR) is 155 cm³/mol. The van der Waals surface area contributed by atoms with Crippen molar-refractivity contribution in [3.05, 3.63) is 108 Å². The van der Waals surface area contributed by atoms with Gasteiger partial charge in [-0.3, -0.25) is 8.58 Å². The second-order valence-electron chi connectivity index (χ2n) is 10.5. The molecule has 0 aliphatic heterocycles. The lowest BCUT2D eigenvalue weighted by Gasteiger charge is -2.42. The van der Waals surface area contributed by atoms with Gasteiger partial charge in [0.2, 0.25) is 0 Å². The Hall–Kier alpha value is -4.25. The van der Waals surface area contributed by atoms with E-state index in [1.54, 1.807) is 24.5 Å². The first-order chi connectivity index (χ1) is 19.7. The lowest BCUT2D eigenvalue weighted by molar-refractivity contribution is -0.0800. The molecular weight excluding hydrogens is 540 g/mol. The third kappa shape index (κ3) is 5.54. The molecule has 41 heavy (non-hydrogen) atoms. The molecule has 5 aromatic rings. The van der Waals surface area contributed by atoms with Crippen LogP contribution in [0.1, 0.15) is 35.7 Å². The van der Waals surface area contributed by atoms with Crippen LogP contribution in [0, 0.1) is 6.92 Å². The first kappa shape index (κ1) is 26.9. The molecule has 1 saturated carbocycles. The Balaban J connectivity index is 1.21. The molecular formula is C31H30N4O5S. The third-order valence-electron chi connectivity index (χ3n) is 7.38. The highest BCUT2D eigenvalue weighted by Crippen LogP contribution is 2.46. The largest absolute Gasteiger partial charge is 0.489 e. The molecule has 0 spiro atoms. The van der Waals surface area contributed by atoms with Crippen LogP contribution in [0.5, 0.6) is 5.75 Å². The average Bonchev–Trinajstić information content (AvgIpc) is 3.35. The molecule has 2 aromatic heterocycles. The number of ether oxygens (including phenoxy) is 1. The summed E-state index contributed by atoms with van der Waals surface area (Å²) in [7, 11) is -3.98. The van der Waals surface area contributed by atoms with Gasteiger partial charge >= 0.3 is 0 Å². The quantitative estimate of drug-likeness (QED) is 0.240. The minimum absolute atomic E-state index is 0.0596. The molecule has 0 atom stereocenters. The van der Waals surface area contributed by atoms with Crippen molar-refractivity contribution >= 4 is 21.5 Å². The van der Waals surface area contributed by atoms with Gasteiger partial charge in [-0.25, -0.2) is 9.97 Å². The van der Waals surface area contributed by atoms with Gasteiger partial charge in [0, 0.05) is 23.9 Å². The van der Waals surface area contributed by atoms with Crippen molar-refractivity contribution in [3.8, 4) is 17.0 Å². The number of anilines is 1. The Kier molecular flexibility index (Phi) is 6.98. The molecule has 1 aliphatic rings. The van der Waals surface area contributed by atoms with Crippen LogP contribution in [0.2, 0.25) is 0 Å². The van der Waals surface area contributed by atoms with Gasteiger partial charge < -0.3 is 15.6 Å². The first-order valence-corrected chi connectivity index (χ1v) is 14.7. The normalized spacial score (nSPS) is 18.7. The summed E-state index contributed by atoms with van der Waals surface area (Å²) in [5, 5.41) is 11.1. The molecule has 3 N–H and O–H groups in total. The van der Waals surface area contributed by atoms with Crippen LogP contribution in [0.3, 0.4) is 0 Å². The molecule has 6 rings (SSSR count). The van der Waals surface area contributed by atoms with Gasteiger partial charge in [-0.15, -0.1) is 0 Å². The number of aryl methyl sites for hydroxylation is 1. The monoisotopic (exact) mass is 570 g/mol. The van der Waals surface area contributed by atoms with Crippen LogP contribution in [0.15, 0.2) is 96.2 Å². The summed E-state index contributed by atoms with van der Waals surface area (Å²) in [5.74, 6) is 1.61. The fraction of sp³-hybridized carbons (Fsp3) is 0.226. The highest BCUT2D eigenvalue weighted by Gasteiger charge is 2.46. The van der Waals surface area contributed by atoms with Crippen molar-refractivity contribution in [3.63, 3.8) is 0 Å². The van der Waals surface area contributed by atoms with Gasteiger partial charge in [0.15, 0.2) is 0 Å². The van der Waals surface area contributed by atoms with Gasteiger partial charge in [0.1, 0.15) is 35.2 Å². The molecule has 0 amide bonds. The van der Waals surface area contributed by atoms with Crippen molar-refractivity contribution in [2.24, 2.45) is 0 Å². The number of hydrogen-bond acceptors (Lipinski definition) is 8. The van der Waals surface area contributed by atoms with E-state index in [1.165, 1.54) is 12.1 Å². The Morgan fingerprint density at radius 2 is 1.80 bits per heavy atom. The molecule has 0 radical (unpaired) electrons. The van der Waals surface area contributed by atoms with E-state index in [2.05, 4.69) is 4.98 Å². The number of fused-ring (bicyclic) bond motifs is 1. The Morgan fingerprint density at radius 3 is 2.56 bits per heavy atom. The number of nitrogens with zero attached hydrogens (tertiary/aromatic N) is 3. The zero-order chi connectivity index (χ0) is 28.6. The van der Waals surface area contributed by atoms with E-state index >= 15 is 0 Å². The molecule has 9 nitrogen and oxygen atoms in total. The van der Waals surface area contributed by atoms with Crippen molar-refractivity contribution in [2.45, 2.75) is 42.8 Å². The molecule has 0 unspecified atom stereocenters. The molecule has 0 bridgehead atoms. The first-order valence-electron chi connectivity index (χ1n) is 13.3. The maximum Gasteiger partial charge on any atom is 0.297 e. The number of benzene rings is 3. The van der Waals surface area contributed by atoms with E-state index in [0.29, 0.717) is 35.2 Å². The van der Waals surface area contributed by atoms with E-state index in [-0.39, 0.29) is 30.3 Å². The molecule has 1 aliphatic carbocycles. The number of imidazole rings is 1. The van der Waals surface area contributed by atoms with Crippen LogP contribution in [0.4, 0.5) is 5.82 Å². The SMILES string of the molecule is Cc1ccc(S(=O)(=O)OC[C@]2(O)C[C@@H](c3nc(-c4cccc(OCc5ccccc5)c4)c4c(N)nccn43)C2)cc1. The number of hydrogen-bond donors (Lipinski definition) is 2. The maximum absolute atomic E-state index is 12.6.